The molecular formula is C12H9NO4S. The molecule has 2 N–H and O–H groups in total. The monoisotopic (exact) mass is 263 g/mol. The summed E-state index contributed by atoms with van der Waals surface area (Å²) in [7, 11) is 0. The quantitative estimate of drug-likeness (QED) is 0.643. The van der Waals surface area contributed by atoms with Crippen LogP contribution in [0.5, 0.6) is 0 Å². The lowest BCUT2D eigenvalue weighted by Crippen LogP contribution is -2.16. The third-order valence-electron chi connectivity index (χ3n) is 2.48. The van der Waals surface area contributed by atoms with Crippen molar-refractivity contribution in [3.8, 4) is 0 Å². The highest BCUT2D eigenvalue weighted by Gasteiger charge is 2.26. The molecule has 1 atom stereocenters. The molecule has 5 nitrogen and oxygen atoms in total. The predicted molar refractivity (Wildman–Crippen MR) is 66.9 cm³/mol. The zero-order chi connectivity index (χ0) is 13.1. The van der Waals surface area contributed by atoms with Gasteiger partial charge < -0.3 is 10.2 Å². The van der Waals surface area contributed by atoms with E-state index in [1.165, 1.54) is 18.2 Å². The summed E-state index contributed by atoms with van der Waals surface area (Å²) in [6, 6.07) is 7.21. The van der Waals surface area contributed by atoms with Crippen LogP contribution in [-0.4, -0.2) is 28.4 Å². The van der Waals surface area contributed by atoms with Crippen LogP contribution >= 0.6 is 11.9 Å². The molecule has 0 saturated heterocycles. The second-order valence-corrected chi connectivity index (χ2v) is 4.44. The molecule has 1 aliphatic heterocycles. The van der Waals surface area contributed by atoms with E-state index in [0.29, 0.717) is 6.08 Å². The van der Waals surface area contributed by atoms with Crippen molar-refractivity contribution in [3.05, 3.63) is 41.5 Å². The first-order chi connectivity index (χ1) is 8.59. The second kappa shape index (κ2) is 5.05. The SMILES string of the molecule is O=C(O)/C=C(\C(=O)O)C1C=NSc2ccccc21. The Morgan fingerprint density at radius 1 is 1.28 bits per heavy atom. The molecule has 0 fully saturated rings. The molecular weight excluding hydrogens is 254 g/mol. The van der Waals surface area contributed by atoms with E-state index in [1.807, 2.05) is 12.1 Å². The molecule has 1 aliphatic rings. The van der Waals surface area contributed by atoms with Gasteiger partial charge in [-0.3, -0.25) is 0 Å². The van der Waals surface area contributed by atoms with Gasteiger partial charge in [-0.1, -0.05) is 18.2 Å². The summed E-state index contributed by atoms with van der Waals surface area (Å²) in [5, 5.41) is 17.8. The highest BCUT2D eigenvalue weighted by molar-refractivity contribution is 7.98. The van der Waals surface area contributed by atoms with Crippen LogP contribution in [0.3, 0.4) is 0 Å². The van der Waals surface area contributed by atoms with Gasteiger partial charge in [0.05, 0.1) is 11.5 Å². The first-order valence-electron chi connectivity index (χ1n) is 5.07. The van der Waals surface area contributed by atoms with E-state index >= 15 is 0 Å². The molecule has 1 aromatic rings. The molecule has 0 spiro atoms. The van der Waals surface area contributed by atoms with Gasteiger partial charge >= 0.3 is 11.9 Å². The summed E-state index contributed by atoms with van der Waals surface area (Å²) in [5.41, 5.74) is 0.561. The molecule has 1 heterocycles. The van der Waals surface area contributed by atoms with Gasteiger partial charge in [0.15, 0.2) is 0 Å². The van der Waals surface area contributed by atoms with Crippen LogP contribution in [0.4, 0.5) is 0 Å². The Morgan fingerprint density at radius 3 is 2.67 bits per heavy atom. The summed E-state index contributed by atoms with van der Waals surface area (Å²) in [4.78, 5) is 22.7. The van der Waals surface area contributed by atoms with E-state index in [2.05, 4.69) is 4.40 Å². The minimum atomic E-state index is -1.28. The Kier molecular flexibility index (Phi) is 3.47. The van der Waals surface area contributed by atoms with E-state index in [9.17, 15) is 9.59 Å². The minimum Gasteiger partial charge on any atom is -0.478 e. The number of hydrogen-bond donors (Lipinski definition) is 2. The van der Waals surface area contributed by atoms with Crippen molar-refractivity contribution in [3.63, 3.8) is 0 Å². The number of fused-ring (bicyclic) bond motifs is 1. The van der Waals surface area contributed by atoms with Crippen LogP contribution in [0.25, 0.3) is 0 Å². The second-order valence-electron chi connectivity index (χ2n) is 3.60. The van der Waals surface area contributed by atoms with Crippen molar-refractivity contribution in [1.82, 2.24) is 0 Å². The third-order valence-corrected chi connectivity index (χ3v) is 3.27. The van der Waals surface area contributed by atoms with E-state index in [0.717, 1.165) is 10.5 Å². The number of benzene rings is 1. The Balaban J connectivity index is 2.49. The van der Waals surface area contributed by atoms with Gasteiger partial charge in [-0.05, 0) is 11.6 Å². The predicted octanol–water partition coefficient (Wildman–Crippen LogP) is 1.96. The molecule has 6 heteroatoms. The van der Waals surface area contributed by atoms with Gasteiger partial charge in [0.25, 0.3) is 0 Å². The number of hydrogen-bond acceptors (Lipinski definition) is 4. The number of aliphatic carboxylic acids is 2. The third kappa shape index (κ3) is 2.43. The van der Waals surface area contributed by atoms with Gasteiger partial charge in [0.2, 0.25) is 0 Å². The molecule has 0 aliphatic carbocycles. The number of carboxylic acid groups (broad SMARTS) is 2. The average Bonchev–Trinajstić information content (AvgIpc) is 2.35. The summed E-state index contributed by atoms with van der Waals surface area (Å²) in [6.45, 7) is 0. The summed E-state index contributed by atoms with van der Waals surface area (Å²) in [6.07, 6.45) is 2.17. The van der Waals surface area contributed by atoms with Crippen molar-refractivity contribution in [1.29, 1.82) is 0 Å². The first kappa shape index (κ1) is 12.4. The van der Waals surface area contributed by atoms with Crippen LogP contribution < -0.4 is 0 Å². The number of rotatable bonds is 3. The fourth-order valence-corrected chi connectivity index (χ4v) is 2.45. The summed E-state index contributed by atoms with van der Waals surface area (Å²) in [5.74, 6) is -3.16. The highest BCUT2D eigenvalue weighted by atomic mass is 32.2. The normalized spacial score (nSPS) is 18.2. The van der Waals surface area contributed by atoms with E-state index in [1.54, 1.807) is 12.1 Å². The topological polar surface area (TPSA) is 87.0 Å². The molecule has 18 heavy (non-hydrogen) atoms. The highest BCUT2D eigenvalue weighted by Crippen LogP contribution is 2.36. The number of nitrogens with zero attached hydrogens (tertiary/aromatic N) is 1. The van der Waals surface area contributed by atoms with Crippen molar-refractivity contribution in [2.45, 2.75) is 10.8 Å². The summed E-state index contributed by atoms with van der Waals surface area (Å²) < 4.78 is 4.01. The number of carboxylic acids is 2. The Labute approximate surface area is 107 Å². The smallest absolute Gasteiger partial charge is 0.332 e. The molecule has 1 aromatic carbocycles. The number of carbonyl (C=O) groups is 2. The molecule has 1 unspecified atom stereocenters. The lowest BCUT2D eigenvalue weighted by Gasteiger charge is -2.19. The Bertz CT molecular complexity index is 565. The molecule has 92 valence electrons. The van der Waals surface area contributed by atoms with Crippen LogP contribution in [0, 0.1) is 0 Å². The van der Waals surface area contributed by atoms with Crippen LogP contribution in [-0.2, 0) is 9.59 Å². The van der Waals surface area contributed by atoms with Gasteiger partial charge in [-0.15, -0.1) is 0 Å². The standard InChI is InChI=1S/C12H9NO4S/c14-11(15)5-8(12(16)17)9-6-13-18-10-4-2-1-3-7(9)10/h1-6,9H,(H,14,15)(H,16,17)/b8-5-. The first-order valence-corrected chi connectivity index (χ1v) is 5.84. The van der Waals surface area contributed by atoms with Crippen LogP contribution in [0.15, 0.2) is 45.2 Å². The van der Waals surface area contributed by atoms with Crippen LogP contribution in [0.1, 0.15) is 11.5 Å². The molecule has 0 saturated carbocycles. The van der Waals surface area contributed by atoms with Gasteiger partial charge in [-0.25, -0.2) is 14.0 Å². The van der Waals surface area contributed by atoms with Gasteiger partial charge in [0.1, 0.15) is 0 Å². The molecule has 0 radical (unpaired) electrons. The maximum Gasteiger partial charge on any atom is 0.332 e. The van der Waals surface area contributed by atoms with Crippen molar-refractivity contribution >= 4 is 30.1 Å². The van der Waals surface area contributed by atoms with Gasteiger partial charge in [-0.2, -0.15) is 0 Å². The van der Waals surface area contributed by atoms with Gasteiger partial charge in [0, 0.05) is 29.1 Å². The Hall–Kier alpha value is -2.08. The maximum atomic E-state index is 11.1. The largest absolute Gasteiger partial charge is 0.478 e. The van der Waals surface area contributed by atoms with Crippen molar-refractivity contribution in [2.24, 2.45) is 4.40 Å². The molecule has 0 bridgehead atoms. The molecule has 0 amide bonds. The lowest BCUT2D eigenvalue weighted by molar-refractivity contribution is -0.135. The van der Waals surface area contributed by atoms with E-state index in [4.69, 9.17) is 10.2 Å². The molecule has 2 rings (SSSR count). The van der Waals surface area contributed by atoms with Crippen molar-refractivity contribution < 1.29 is 19.8 Å². The Morgan fingerprint density at radius 2 is 2.00 bits per heavy atom. The fraction of sp³-hybridized carbons (Fsp3) is 0.0833. The van der Waals surface area contributed by atoms with E-state index in [-0.39, 0.29) is 5.57 Å². The summed E-state index contributed by atoms with van der Waals surface area (Å²) >= 11 is 1.24. The average molecular weight is 263 g/mol. The zero-order valence-corrected chi connectivity index (χ0v) is 9.92. The zero-order valence-electron chi connectivity index (χ0n) is 9.11. The van der Waals surface area contributed by atoms with Crippen LogP contribution in [0.2, 0.25) is 0 Å². The minimum absolute atomic E-state index is 0.195. The fourth-order valence-electron chi connectivity index (χ4n) is 1.71. The maximum absolute atomic E-state index is 11.1. The van der Waals surface area contributed by atoms with E-state index < -0.39 is 17.9 Å². The lowest BCUT2D eigenvalue weighted by atomic mass is 9.91. The van der Waals surface area contributed by atoms with Crippen molar-refractivity contribution in [2.75, 3.05) is 0 Å². The molecule has 0 aromatic heterocycles.